The quantitative estimate of drug-likeness (QED) is 0.485. The predicted molar refractivity (Wildman–Crippen MR) is 139 cm³/mol. The van der Waals surface area contributed by atoms with E-state index in [2.05, 4.69) is 12.1 Å². The molecule has 188 valence electrons. The van der Waals surface area contributed by atoms with Crippen LogP contribution in [0.25, 0.3) is 11.1 Å². The molecule has 6 heteroatoms. The van der Waals surface area contributed by atoms with Crippen LogP contribution in [0.2, 0.25) is 0 Å². The fourth-order valence-corrected chi connectivity index (χ4v) is 5.51. The van der Waals surface area contributed by atoms with Crippen molar-refractivity contribution in [2.75, 3.05) is 6.54 Å². The predicted octanol–water partition coefficient (Wildman–Crippen LogP) is 5.40. The zero-order chi connectivity index (χ0) is 25.5. The number of nitrogens with zero attached hydrogens (tertiary/aromatic N) is 2. The number of aliphatic hydroxyl groups is 1. The molecule has 0 unspecified atom stereocenters. The standard InChI is InChI=1S/C30H34N2O4/c1-29(2,35)20-30(25-7-5-4-6-8-25)16-18-32(28(34)36-30)27(23-13-14-23)22-11-9-21(10-12-22)24-15-17-31(3)26(33)19-24/h4-12,15,17,19,23,27,35H,13-14,16,18,20H2,1-3H3/t27-,30+/m0/s1. The molecule has 0 radical (unpaired) electrons. The van der Waals surface area contributed by atoms with Gasteiger partial charge in [-0.15, -0.1) is 0 Å². The molecule has 1 aliphatic heterocycles. The highest BCUT2D eigenvalue weighted by atomic mass is 16.6. The number of aryl methyl sites for hydroxylation is 1. The number of hydrogen-bond acceptors (Lipinski definition) is 4. The minimum atomic E-state index is -0.984. The number of rotatable bonds is 7. The first kappa shape index (κ1) is 24.3. The average Bonchev–Trinajstić information content (AvgIpc) is 3.68. The summed E-state index contributed by atoms with van der Waals surface area (Å²) in [4.78, 5) is 27.5. The molecule has 1 aliphatic carbocycles. The number of ether oxygens (including phenoxy) is 1. The molecule has 6 nitrogen and oxygen atoms in total. The number of amides is 1. The number of pyridine rings is 1. The highest BCUT2D eigenvalue weighted by Crippen LogP contribution is 2.48. The van der Waals surface area contributed by atoms with Gasteiger partial charge in [-0.1, -0.05) is 54.6 Å². The van der Waals surface area contributed by atoms with Crippen LogP contribution in [0.15, 0.2) is 77.7 Å². The monoisotopic (exact) mass is 486 g/mol. The van der Waals surface area contributed by atoms with E-state index in [4.69, 9.17) is 4.74 Å². The van der Waals surface area contributed by atoms with E-state index >= 15 is 0 Å². The minimum Gasteiger partial charge on any atom is -0.438 e. The maximum absolute atomic E-state index is 13.6. The summed E-state index contributed by atoms with van der Waals surface area (Å²) in [6.45, 7) is 4.07. The zero-order valence-electron chi connectivity index (χ0n) is 21.2. The molecule has 1 N–H and O–H groups in total. The third-order valence-corrected chi connectivity index (χ3v) is 7.39. The summed E-state index contributed by atoms with van der Waals surface area (Å²) in [6, 6.07) is 21.5. The van der Waals surface area contributed by atoms with Gasteiger partial charge in [0, 0.05) is 38.7 Å². The van der Waals surface area contributed by atoms with Crippen molar-refractivity contribution in [3.8, 4) is 11.1 Å². The molecule has 2 fully saturated rings. The number of benzene rings is 2. The van der Waals surface area contributed by atoms with Crippen LogP contribution >= 0.6 is 0 Å². The highest BCUT2D eigenvalue weighted by Gasteiger charge is 2.49. The number of hydrogen-bond donors (Lipinski definition) is 1. The van der Waals surface area contributed by atoms with Gasteiger partial charge in [0.1, 0.15) is 5.60 Å². The molecule has 36 heavy (non-hydrogen) atoms. The lowest BCUT2D eigenvalue weighted by molar-refractivity contribution is -0.103. The first-order valence-corrected chi connectivity index (χ1v) is 12.7. The zero-order valence-corrected chi connectivity index (χ0v) is 21.2. The second-order valence-electron chi connectivity index (χ2n) is 10.9. The van der Waals surface area contributed by atoms with Crippen LogP contribution in [-0.2, 0) is 17.4 Å². The Morgan fingerprint density at radius 3 is 2.31 bits per heavy atom. The molecule has 2 aliphatic rings. The van der Waals surface area contributed by atoms with Crippen molar-refractivity contribution < 1.29 is 14.6 Å². The number of carbonyl (C=O) groups is 1. The average molecular weight is 487 g/mol. The van der Waals surface area contributed by atoms with Gasteiger partial charge in [0.05, 0.1) is 11.6 Å². The lowest BCUT2D eigenvalue weighted by atomic mass is 9.80. The van der Waals surface area contributed by atoms with E-state index in [1.807, 2.05) is 53.4 Å². The van der Waals surface area contributed by atoms with Crippen LogP contribution in [0.1, 0.15) is 56.7 Å². The molecule has 1 saturated carbocycles. The Morgan fingerprint density at radius 1 is 1.03 bits per heavy atom. The van der Waals surface area contributed by atoms with Crippen LogP contribution in [0.4, 0.5) is 4.79 Å². The molecular weight excluding hydrogens is 452 g/mol. The van der Waals surface area contributed by atoms with Crippen molar-refractivity contribution >= 4 is 6.09 Å². The van der Waals surface area contributed by atoms with Gasteiger partial charge in [0.25, 0.3) is 5.56 Å². The van der Waals surface area contributed by atoms with Crippen LogP contribution in [0.5, 0.6) is 0 Å². The van der Waals surface area contributed by atoms with Gasteiger partial charge in [-0.2, -0.15) is 0 Å². The van der Waals surface area contributed by atoms with Gasteiger partial charge in [-0.25, -0.2) is 4.79 Å². The second-order valence-corrected chi connectivity index (χ2v) is 10.9. The summed E-state index contributed by atoms with van der Waals surface area (Å²) < 4.78 is 7.79. The van der Waals surface area contributed by atoms with E-state index < -0.39 is 11.2 Å². The van der Waals surface area contributed by atoms with Crippen molar-refractivity contribution in [3.05, 3.63) is 94.4 Å². The maximum atomic E-state index is 13.6. The molecule has 5 rings (SSSR count). The molecule has 2 atom stereocenters. The third-order valence-electron chi connectivity index (χ3n) is 7.39. The summed E-state index contributed by atoms with van der Waals surface area (Å²) in [5.41, 5.74) is 1.96. The van der Waals surface area contributed by atoms with Crippen LogP contribution in [0, 0.1) is 5.92 Å². The summed E-state index contributed by atoms with van der Waals surface area (Å²) in [6.07, 6.45) is 4.55. The molecular formula is C30H34N2O4. The fraction of sp³-hybridized carbons (Fsp3) is 0.400. The molecule has 3 aromatic rings. The van der Waals surface area contributed by atoms with Gasteiger partial charge in [-0.3, -0.25) is 4.79 Å². The molecule has 1 saturated heterocycles. The highest BCUT2D eigenvalue weighted by molar-refractivity contribution is 5.71. The van der Waals surface area contributed by atoms with Gasteiger partial charge in [-0.05, 0) is 60.9 Å². The molecule has 0 spiro atoms. The van der Waals surface area contributed by atoms with Crippen molar-refractivity contribution in [2.45, 2.75) is 56.8 Å². The second kappa shape index (κ2) is 9.25. The summed E-state index contributed by atoms with van der Waals surface area (Å²) in [7, 11) is 1.74. The third kappa shape index (κ3) is 4.96. The van der Waals surface area contributed by atoms with E-state index in [-0.39, 0.29) is 17.7 Å². The van der Waals surface area contributed by atoms with Crippen molar-refractivity contribution in [1.82, 2.24) is 9.47 Å². The molecule has 2 heterocycles. The van der Waals surface area contributed by atoms with E-state index in [9.17, 15) is 14.7 Å². The Bertz CT molecular complexity index is 1290. The Kier molecular flexibility index (Phi) is 6.25. The molecule has 1 aromatic heterocycles. The van der Waals surface area contributed by atoms with E-state index in [0.717, 1.165) is 35.1 Å². The van der Waals surface area contributed by atoms with Crippen molar-refractivity contribution in [3.63, 3.8) is 0 Å². The normalized spacial score (nSPS) is 21.2. The number of cyclic esters (lactones) is 1. The van der Waals surface area contributed by atoms with Gasteiger partial charge in [0.2, 0.25) is 0 Å². The Labute approximate surface area is 212 Å². The first-order valence-electron chi connectivity index (χ1n) is 12.7. The van der Waals surface area contributed by atoms with Gasteiger partial charge < -0.3 is 19.3 Å². The Morgan fingerprint density at radius 2 is 1.72 bits per heavy atom. The van der Waals surface area contributed by atoms with Crippen LogP contribution in [-0.4, -0.2) is 32.8 Å². The fourth-order valence-electron chi connectivity index (χ4n) is 5.51. The topological polar surface area (TPSA) is 71.8 Å². The van der Waals surface area contributed by atoms with Gasteiger partial charge in [0.15, 0.2) is 0 Å². The Balaban J connectivity index is 1.41. The first-order chi connectivity index (χ1) is 17.2. The van der Waals surface area contributed by atoms with E-state index in [0.29, 0.717) is 25.3 Å². The van der Waals surface area contributed by atoms with E-state index in [1.165, 1.54) is 0 Å². The maximum Gasteiger partial charge on any atom is 0.411 e. The summed E-state index contributed by atoms with van der Waals surface area (Å²) in [5.74, 6) is 0.408. The minimum absolute atomic E-state index is 0.0450. The molecule has 1 amide bonds. The lowest BCUT2D eigenvalue weighted by Crippen LogP contribution is -2.51. The SMILES string of the molecule is Cn1ccc(-c2ccc([C@@H](C3CC3)N3CC[C@@](CC(C)(C)O)(c4ccccc4)OC3=O)cc2)cc1=O. The summed E-state index contributed by atoms with van der Waals surface area (Å²) >= 11 is 0. The van der Waals surface area contributed by atoms with Crippen LogP contribution < -0.4 is 5.56 Å². The van der Waals surface area contributed by atoms with Crippen LogP contribution in [0.3, 0.4) is 0 Å². The smallest absolute Gasteiger partial charge is 0.411 e. The summed E-state index contributed by atoms with van der Waals surface area (Å²) in [5, 5.41) is 10.7. The Hall–Kier alpha value is -3.38. The molecule has 2 aromatic carbocycles. The lowest BCUT2D eigenvalue weighted by Gasteiger charge is -2.46. The molecule has 0 bridgehead atoms. The van der Waals surface area contributed by atoms with Crippen molar-refractivity contribution in [1.29, 1.82) is 0 Å². The number of carbonyl (C=O) groups excluding carboxylic acids is 1. The van der Waals surface area contributed by atoms with Gasteiger partial charge >= 0.3 is 6.09 Å². The largest absolute Gasteiger partial charge is 0.438 e. The number of aromatic nitrogens is 1. The van der Waals surface area contributed by atoms with Crippen molar-refractivity contribution in [2.24, 2.45) is 13.0 Å². The van der Waals surface area contributed by atoms with E-state index in [1.54, 1.807) is 37.7 Å².